The maximum atomic E-state index is 6.04. The molecule has 108 valence electrons. The van der Waals surface area contributed by atoms with Gasteiger partial charge in [0.1, 0.15) is 12.4 Å². The minimum atomic E-state index is 0.519. The van der Waals surface area contributed by atoms with Gasteiger partial charge >= 0.3 is 0 Å². The minimum Gasteiger partial charge on any atom is -0.490 e. The molecular formula is C14H22BrClNO2+. The van der Waals surface area contributed by atoms with Crippen LogP contribution in [0.3, 0.4) is 0 Å². The van der Waals surface area contributed by atoms with Crippen LogP contribution in [-0.4, -0.2) is 32.4 Å². The Morgan fingerprint density at radius 3 is 2.79 bits per heavy atom. The van der Waals surface area contributed by atoms with E-state index in [2.05, 4.69) is 35.1 Å². The highest BCUT2D eigenvalue weighted by Crippen LogP contribution is 2.27. The lowest BCUT2D eigenvalue weighted by molar-refractivity contribution is -0.687. The van der Waals surface area contributed by atoms with Gasteiger partial charge in [0, 0.05) is 4.47 Å². The van der Waals surface area contributed by atoms with Crippen molar-refractivity contribution in [3.8, 4) is 5.75 Å². The van der Waals surface area contributed by atoms with Crippen LogP contribution >= 0.6 is 27.5 Å². The average molecular weight is 352 g/mol. The Kier molecular flexibility index (Phi) is 8.46. The smallest absolute Gasteiger partial charge is 0.138 e. The van der Waals surface area contributed by atoms with Crippen LogP contribution in [0.1, 0.15) is 20.3 Å². The van der Waals surface area contributed by atoms with Crippen molar-refractivity contribution in [3.05, 3.63) is 27.7 Å². The van der Waals surface area contributed by atoms with Gasteiger partial charge in [0.2, 0.25) is 0 Å². The van der Waals surface area contributed by atoms with Gasteiger partial charge in [-0.2, -0.15) is 0 Å². The first-order valence-corrected chi connectivity index (χ1v) is 7.79. The lowest BCUT2D eigenvalue weighted by Crippen LogP contribution is -2.90. The van der Waals surface area contributed by atoms with Crippen molar-refractivity contribution in [1.29, 1.82) is 0 Å². The summed E-state index contributed by atoms with van der Waals surface area (Å²) in [4.78, 5) is 0. The van der Waals surface area contributed by atoms with Crippen LogP contribution in [0.4, 0.5) is 0 Å². The van der Waals surface area contributed by atoms with Crippen LogP contribution < -0.4 is 10.1 Å². The summed E-state index contributed by atoms with van der Waals surface area (Å²) in [6, 6.07) is 6.24. The lowest BCUT2D eigenvalue weighted by Gasteiger charge is -2.10. The monoisotopic (exact) mass is 350 g/mol. The zero-order chi connectivity index (χ0) is 14.1. The third-order valence-corrected chi connectivity index (χ3v) is 3.64. The van der Waals surface area contributed by atoms with E-state index in [4.69, 9.17) is 21.1 Å². The number of benzene rings is 1. The summed E-state index contributed by atoms with van der Waals surface area (Å²) in [5.74, 6) is 0.694. The molecular weight excluding hydrogens is 330 g/mol. The first kappa shape index (κ1) is 16.8. The Balaban J connectivity index is 2.07. The van der Waals surface area contributed by atoms with Crippen LogP contribution in [0.2, 0.25) is 5.02 Å². The third-order valence-electron chi connectivity index (χ3n) is 2.85. The molecule has 0 bridgehead atoms. The number of nitrogens with two attached hydrogens (primary N) is 1. The van der Waals surface area contributed by atoms with Gasteiger partial charge in [0.05, 0.1) is 30.8 Å². The van der Waals surface area contributed by atoms with Crippen LogP contribution in [0.15, 0.2) is 22.7 Å². The second kappa shape index (κ2) is 9.59. The minimum absolute atomic E-state index is 0.519. The molecule has 0 saturated carbocycles. The van der Waals surface area contributed by atoms with Gasteiger partial charge in [0.25, 0.3) is 0 Å². The van der Waals surface area contributed by atoms with E-state index in [1.807, 2.05) is 18.2 Å². The number of hydrogen-bond donors (Lipinski definition) is 1. The second-order valence-corrected chi connectivity index (χ2v) is 5.77. The normalized spacial score (nSPS) is 12.4. The predicted octanol–water partition coefficient (Wildman–Crippen LogP) is 2.86. The van der Waals surface area contributed by atoms with Gasteiger partial charge in [-0.25, -0.2) is 0 Å². The molecule has 3 nitrogen and oxygen atoms in total. The molecule has 0 aliphatic carbocycles. The quantitative estimate of drug-likeness (QED) is 0.694. The van der Waals surface area contributed by atoms with E-state index >= 15 is 0 Å². The lowest BCUT2D eigenvalue weighted by atomic mass is 10.3. The maximum absolute atomic E-state index is 6.04. The Hall–Kier alpha value is -0.290. The molecule has 0 aromatic heterocycles. The molecule has 0 radical (unpaired) electrons. The molecule has 1 aromatic rings. The standard InChI is InChI=1S/C14H21BrClNO2/c1-3-11(2)17-6-7-18-8-9-19-14-5-4-12(15)10-13(14)16/h4-5,10-11,17H,3,6-9H2,1-2H3/p+1/t11-/m0/s1. The van der Waals surface area contributed by atoms with Gasteiger partial charge in [-0.05, 0) is 31.5 Å². The Morgan fingerprint density at radius 2 is 2.11 bits per heavy atom. The average Bonchev–Trinajstić information content (AvgIpc) is 2.39. The molecule has 0 fully saturated rings. The number of hydrogen-bond acceptors (Lipinski definition) is 2. The first-order valence-electron chi connectivity index (χ1n) is 6.62. The summed E-state index contributed by atoms with van der Waals surface area (Å²) in [5, 5.41) is 2.91. The fourth-order valence-electron chi connectivity index (χ4n) is 1.51. The molecule has 0 unspecified atom stereocenters. The topological polar surface area (TPSA) is 35.1 Å². The fourth-order valence-corrected chi connectivity index (χ4v) is 2.24. The van der Waals surface area contributed by atoms with Crippen LogP contribution in [0, 0.1) is 0 Å². The molecule has 1 atom stereocenters. The number of halogens is 2. The summed E-state index contributed by atoms with van der Waals surface area (Å²) < 4.78 is 12.0. The predicted molar refractivity (Wildman–Crippen MR) is 82.0 cm³/mol. The number of ether oxygens (including phenoxy) is 2. The molecule has 0 saturated heterocycles. The Labute approximate surface area is 128 Å². The molecule has 1 aromatic carbocycles. The molecule has 1 rings (SSSR count). The third kappa shape index (κ3) is 7.16. The van der Waals surface area contributed by atoms with Crippen molar-refractivity contribution < 1.29 is 14.8 Å². The highest BCUT2D eigenvalue weighted by molar-refractivity contribution is 9.10. The van der Waals surface area contributed by atoms with Gasteiger partial charge in [0.15, 0.2) is 0 Å². The van der Waals surface area contributed by atoms with E-state index in [-0.39, 0.29) is 0 Å². The zero-order valence-electron chi connectivity index (χ0n) is 11.5. The largest absolute Gasteiger partial charge is 0.490 e. The van der Waals surface area contributed by atoms with E-state index in [9.17, 15) is 0 Å². The Bertz CT molecular complexity index is 376. The van der Waals surface area contributed by atoms with Crippen LogP contribution in [0.5, 0.6) is 5.75 Å². The maximum Gasteiger partial charge on any atom is 0.138 e. The van der Waals surface area contributed by atoms with Gasteiger partial charge in [-0.1, -0.05) is 34.5 Å². The molecule has 0 heterocycles. The summed E-state index contributed by atoms with van der Waals surface area (Å²) in [6.45, 7) is 7.26. The molecule has 0 aliphatic rings. The highest BCUT2D eigenvalue weighted by Gasteiger charge is 2.02. The molecule has 0 aliphatic heterocycles. The molecule has 5 heteroatoms. The highest BCUT2D eigenvalue weighted by atomic mass is 79.9. The first-order chi connectivity index (χ1) is 9.13. The van der Waals surface area contributed by atoms with Crippen molar-refractivity contribution in [1.82, 2.24) is 0 Å². The van der Waals surface area contributed by atoms with E-state index in [0.717, 1.165) is 17.6 Å². The molecule has 0 amide bonds. The van der Waals surface area contributed by atoms with E-state index < -0.39 is 0 Å². The van der Waals surface area contributed by atoms with Crippen molar-refractivity contribution in [3.63, 3.8) is 0 Å². The summed E-state index contributed by atoms with van der Waals surface area (Å²) in [7, 11) is 0. The molecule has 19 heavy (non-hydrogen) atoms. The van der Waals surface area contributed by atoms with E-state index in [1.54, 1.807) is 0 Å². The van der Waals surface area contributed by atoms with Gasteiger partial charge < -0.3 is 14.8 Å². The zero-order valence-corrected chi connectivity index (χ0v) is 13.8. The number of quaternary nitrogens is 1. The van der Waals surface area contributed by atoms with E-state index in [1.165, 1.54) is 6.42 Å². The number of rotatable bonds is 9. The van der Waals surface area contributed by atoms with Gasteiger partial charge in [-0.3, -0.25) is 0 Å². The second-order valence-electron chi connectivity index (χ2n) is 4.45. The molecule has 0 spiro atoms. The van der Waals surface area contributed by atoms with Crippen molar-refractivity contribution in [2.45, 2.75) is 26.3 Å². The van der Waals surface area contributed by atoms with Crippen LogP contribution in [0.25, 0.3) is 0 Å². The Morgan fingerprint density at radius 1 is 1.32 bits per heavy atom. The summed E-state index contributed by atoms with van der Waals surface area (Å²) >= 11 is 9.40. The summed E-state index contributed by atoms with van der Waals surface area (Å²) in [6.07, 6.45) is 1.19. The SMILES string of the molecule is CC[C@H](C)[NH2+]CCOCCOc1ccc(Br)cc1Cl. The fraction of sp³-hybridized carbons (Fsp3) is 0.571. The van der Waals surface area contributed by atoms with Crippen molar-refractivity contribution in [2.24, 2.45) is 0 Å². The van der Waals surface area contributed by atoms with Crippen LogP contribution in [-0.2, 0) is 4.74 Å². The van der Waals surface area contributed by atoms with Crippen molar-refractivity contribution >= 4 is 27.5 Å². The molecule has 2 N–H and O–H groups in total. The summed E-state index contributed by atoms with van der Waals surface area (Å²) in [5.41, 5.74) is 0. The van der Waals surface area contributed by atoms with Crippen molar-refractivity contribution in [2.75, 3.05) is 26.4 Å². The van der Waals surface area contributed by atoms with E-state index in [0.29, 0.717) is 30.0 Å². The van der Waals surface area contributed by atoms with Gasteiger partial charge in [-0.15, -0.1) is 0 Å².